The monoisotopic (exact) mass is 348 g/mol. The van der Waals surface area contributed by atoms with Gasteiger partial charge in [0.2, 0.25) is 0 Å². The maximum Gasteiger partial charge on any atom is 0.157 e. The third-order valence-corrected chi connectivity index (χ3v) is 5.99. The van der Waals surface area contributed by atoms with Gasteiger partial charge in [0.25, 0.3) is 0 Å². The Morgan fingerprint density at radius 1 is 1.13 bits per heavy atom. The third kappa shape index (κ3) is 4.77. The molecule has 0 N–H and O–H groups in total. The van der Waals surface area contributed by atoms with Crippen LogP contribution in [0, 0.1) is 13.8 Å². The molecule has 0 bridgehead atoms. The summed E-state index contributed by atoms with van der Waals surface area (Å²) in [5, 5.41) is 0. The molecule has 0 unspecified atom stereocenters. The summed E-state index contributed by atoms with van der Waals surface area (Å²) in [5.74, 6) is 0. The summed E-state index contributed by atoms with van der Waals surface area (Å²) in [6, 6.07) is 8.85. The maximum atomic E-state index is 5.86. The maximum absolute atomic E-state index is 5.86. The molecule has 23 heavy (non-hydrogen) atoms. The lowest BCUT2D eigenvalue weighted by atomic mass is 10.1. The Balaban J connectivity index is 1.65. The first kappa shape index (κ1) is 16.9. The predicted molar refractivity (Wildman–Crippen MR) is 99.4 cm³/mol. The summed E-state index contributed by atoms with van der Waals surface area (Å²) in [6.07, 6.45) is 6.66. The van der Waals surface area contributed by atoms with E-state index in [1.165, 1.54) is 37.9 Å². The van der Waals surface area contributed by atoms with Crippen LogP contribution in [0.4, 0.5) is 0 Å². The molecule has 3 heterocycles. The van der Waals surface area contributed by atoms with Crippen molar-refractivity contribution < 1.29 is 9.47 Å². The van der Waals surface area contributed by atoms with Gasteiger partial charge >= 0.3 is 0 Å². The van der Waals surface area contributed by atoms with Crippen LogP contribution in [-0.2, 0) is 9.47 Å². The van der Waals surface area contributed by atoms with Gasteiger partial charge in [0.15, 0.2) is 6.29 Å². The van der Waals surface area contributed by atoms with E-state index in [0.717, 1.165) is 26.1 Å². The fraction of sp³-hybridized carbons (Fsp3) is 0.474. The molecule has 0 spiro atoms. The van der Waals surface area contributed by atoms with Crippen molar-refractivity contribution in [3.8, 4) is 0 Å². The van der Waals surface area contributed by atoms with Crippen molar-refractivity contribution in [2.24, 2.45) is 0 Å². The third-order valence-electron chi connectivity index (χ3n) is 3.92. The normalized spacial score (nSPS) is 18.1. The summed E-state index contributed by atoms with van der Waals surface area (Å²) >= 11 is 3.72. The van der Waals surface area contributed by atoms with Gasteiger partial charge < -0.3 is 9.47 Å². The second-order valence-electron chi connectivity index (χ2n) is 5.89. The van der Waals surface area contributed by atoms with E-state index in [1.54, 1.807) is 0 Å². The molecular formula is C19H24O2S2. The van der Waals surface area contributed by atoms with Crippen LogP contribution in [0.25, 0.3) is 5.57 Å². The summed E-state index contributed by atoms with van der Waals surface area (Å²) < 4.78 is 11.5. The first-order chi connectivity index (χ1) is 11.2. The van der Waals surface area contributed by atoms with Gasteiger partial charge in [-0.1, -0.05) is 6.08 Å². The lowest BCUT2D eigenvalue weighted by Gasteiger charge is -2.22. The summed E-state index contributed by atoms with van der Waals surface area (Å²) in [4.78, 5) is 5.40. The molecule has 1 atom stereocenters. The molecule has 124 valence electrons. The zero-order chi connectivity index (χ0) is 16.1. The molecule has 2 aromatic rings. The highest BCUT2D eigenvalue weighted by Crippen LogP contribution is 2.33. The van der Waals surface area contributed by atoms with Gasteiger partial charge in [-0.3, -0.25) is 0 Å². The van der Waals surface area contributed by atoms with Gasteiger partial charge in [-0.25, -0.2) is 0 Å². The SMILES string of the molecule is Cc1ccc(C(=CCCO[C@H]2CCCCO2)c2ccc(C)s2)s1. The number of ether oxygens (including phenoxy) is 2. The lowest BCUT2D eigenvalue weighted by Crippen LogP contribution is -2.22. The number of aryl methyl sites for hydroxylation is 2. The van der Waals surface area contributed by atoms with E-state index < -0.39 is 0 Å². The molecule has 0 amide bonds. The van der Waals surface area contributed by atoms with E-state index in [1.807, 2.05) is 22.7 Å². The van der Waals surface area contributed by atoms with Crippen LogP contribution >= 0.6 is 22.7 Å². The molecule has 0 radical (unpaired) electrons. The topological polar surface area (TPSA) is 18.5 Å². The van der Waals surface area contributed by atoms with Gasteiger partial charge in [0.05, 0.1) is 6.61 Å². The smallest absolute Gasteiger partial charge is 0.157 e. The molecule has 2 nitrogen and oxygen atoms in total. The Bertz CT molecular complexity index is 606. The minimum Gasteiger partial charge on any atom is -0.353 e. The Kier molecular flexibility index (Phi) is 6.06. The van der Waals surface area contributed by atoms with Crippen LogP contribution in [0.3, 0.4) is 0 Å². The molecule has 4 heteroatoms. The first-order valence-corrected chi connectivity index (χ1v) is 9.92. The number of hydrogen-bond acceptors (Lipinski definition) is 4. The van der Waals surface area contributed by atoms with Gasteiger partial charge in [-0.15, -0.1) is 22.7 Å². The summed E-state index contributed by atoms with van der Waals surface area (Å²) in [5.41, 5.74) is 1.34. The number of hydrogen-bond donors (Lipinski definition) is 0. The van der Waals surface area contributed by atoms with Crippen LogP contribution in [0.5, 0.6) is 0 Å². The van der Waals surface area contributed by atoms with Crippen molar-refractivity contribution in [1.29, 1.82) is 0 Å². The predicted octanol–water partition coefficient (Wildman–Crippen LogP) is 5.79. The van der Waals surface area contributed by atoms with Crippen molar-refractivity contribution in [3.05, 3.63) is 49.9 Å². The second-order valence-corrected chi connectivity index (χ2v) is 8.47. The molecule has 1 aliphatic heterocycles. The highest BCUT2D eigenvalue weighted by atomic mass is 32.1. The Morgan fingerprint density at radius 3 is 2.35 bits per heavy atom. The zero-order valence-electron chi connectivity index (χ0n) is 13.8. The quantitative estimate of drug-likeness (QED) is 0.615. The van der Waals surface area contributed by atoms with Crippen LogP contribution in [0.15, 0.2) is 30.3 Å². The molecule has 1 aliphatic rings. The first-order valence-electron chi connectivity index (χ1n) is 8.29. The average molecular weight is 349 g/mol. The van der Waals surface area contributed by atoms with Crippen molar-refractivity contribution in [3.63, 3.8) is 0 Å². The van der Waals surface area contributed by atoms with E-state index in [0.29, 0.717) is 0 Å². The fourth-order valence-electron chi connectivity index (χ4n) is 2.73. The Labute approximate surface area is 146 Å². The Morgan fingerprint density at radius 2 is 1.83 bits per heavy atom. The summed E-state index contributed by atoms with van der Waals surface area (Å²) in [6.45, 7) is 5.89. The van der Waals surface area contributed by atoms with Crippen molar-refractivity contribution in [2.45, 2.75) is 45.8 Å². The molecular weight excluding hydrogens is 324 g/mol. The lowest BCUT2D eigenvalue weighted by molar-refractivity contribution is -0.161. The zero-order valence-corrected chi connectivity index (χ0v) is 15.5. The second kappa shape index (κ2) is 8.25. The fourth-order valence-corrected chi connectivity index (χ4v) is 4.64. The van der Waals surface area contributed by atoms with Gasteiger partial charge in [0.1, 0.15) is 0 Å². The van der Waals surface area contributed by atoms with E-state index in [9.17, 15) is 0 Å². The molecule has 2 aromatic heterocycles. The highest BCUT2D eigenvalue weighted by molar-refractivity contribution is 7.15. The standard InChI is InChI=1S/C19H24O2S2/c1-14-8-10-17(22-14)16(18-11-9-15(2)23-18)6-5-13-21-19-7-3-4-12-20-19/h6,8-11,19H,3-5,7,12-13H2,1-2H3/t19-/m0/s1. The molecule has 1 fully saturated rings. The van der Waals surface area contributed by atoms with Gasteiger partial charge in [-0.2, -0.15) is 0 Å². The van der Waals surface area contributed by atoms with E-state index in [2.05, 4.69) is 44.2 Å². The minimum absolute atomic E-state index is 0.00793. The van der Waals surface area contributed by atoms with Crippen molar-refractivity contribution in [2.75, 3.05) is 13.2 Å². The van der Waals surface area contributed by atoms with Gasteiger partial charge in [-0.05, 0) is 63.8 Å². The van der Waals surface area contributed by atoms with Gasteiger partial charge in [0, 0.05) is 31.7 Å². The van der Waals surface area contributed by atoms with Crippen LogP contribution < -0.4 is 0 Å². The minimum atomic E-state index is 0.00793. The van der Waals surface area contributed by atoms with Crippen LogP contribution in [0.1, 0.15) is 45.2 Å². The molecule has 1 saturated heterocycles. The van der Waals surface area contributed by atoms with E-state index >= 15 is 0 Å². The molecule has 0 saturated carbocycles. The number of thiophene rings is 2. The average Bonchev–Trinajstić information content (AvgIpc) is 3.17. The largest absolute Gasteiger partial charge is 0.353 e. The molecule has 0 aromatic carbocycles. The molecule has 3 rings (SSSR count). The van der Waals surface area contributed by atoms with Crippen molar-refractivity contribution >= 4 is 28.2 Å². The highest BCUT2D eigenvalue weighted by Gasteiger charge is 2.14. The Hall–Kier alpha value is -0.940. The van der Waals surface area contributed by atoms with E-state index in [-0.39, 0.29) is 6.29 Å². The number of rotatable bonds is 6. The van der Waals surface area contributed by atoms with Crippen LogP contribution in [-0.4, -0.2) is 19.5 Å². The van der Waals surface area contributed by atoms with E-state index in [4.69, 9.17) is 9.47 Å². The summed E-state index contributed by atoms with van der Waals surface area (Å²) in [7, 11) is 0. The van der Waals surface area contributed by atoms with Crippen molar-refractivity contribution in [1.82, 2.24) is 0 Å². The van der Waals surface area contributed by atoms with Crippen LogP contribution in [0.2, 0.25) is 0 Å². The molecule has 0 aliphatic carbocycles.